The van der Waals surface area contributed by atoms with Crippen molar-refractivity contribution >= 4 is 38.9 Å². The van der Waals surface area contributed by atoms with E-state index in [4.69, 9.17) is 28.9 Å². The van der Waals surface area contributed by atoms with Crippen LogP contribution in [0.4, 0.5) is 5.69 Å². The average molecular weight is 345 g/mol. The lowest BCUT2D eigenvalue weighted by Gasteiger charge is -2.13. The summed E-state index contributed by atoms with van der Waals surface area (Å²) in [6, 6.07) is 9.54. The number of sulfonamides is 1. The zero-order valence-electron chi connectivity index (χ0n) is 11.2. The molecule has 0 bridgehead atoms. The van der Waals surface area contributed by atoms with E-state index in [0.717, 1.165) is 5.56 Å². The van der Waals surface area contributed by atoms with Crippen LogP contribution in [0.2, 0.25) is 10.0 Å². The quantitative estimate of drug-likeness (QED) is 0.890. The van der Waals surface area contributed by atoms with Crippen molar-refractivity contribution in [3.05, 3.63) is 57.6 Å². The van der Waals surface area contributed by atoms with Crippen molar-refractivity contribution in [2.75, 3.05) is 4.72 Å². The van der Waals surface area contributed by atoms with Gasteiger partial charge in [-0.1, -0.05) is 35.3 Å². The maximum atomic E-state index is 12.5. The second kappa shape index (κ2) is 6.23. The largest absolute Gasteiger partial charge is 0.326 e. The van der Waals surface area contributed by atoms with Crippen molar-refractivity contribution in [3.8, 4) is 0 Å². The van der Waals surface area contributed by atoms with E-state index >= 15 is 0 Å². The smallest absolute Gasteiger partial charge is 0.262 e. The molecule has 0 amide bonds. The molecule has 0 radical (unpaired) electrons. The van der Waals surface area contributed by atoms with Crippen LogP contribution in [0.25, 0.3) is 0 Å². The standard InChI is InChI=1S/C14H14Cl2N2O2S/c1-9-10(8-17)3-2-4-14(9)21(19,20)18-11-5-6-12(15)13(16)7-11/h2-7,18H,8,17H2,1H3. The summed E-state index contributed by atoms with van der Waals surface area (Å²) in [6.07, 6.45) is 0. The molecule has 0 aliphatic carbocycles. The molecule has 0 aromatic heterocycles. The molecule has 0 aliphatic heterocycles. The molecule has 0 heterocycles. The lowest BCUT2D eigenvalue weighted by Crippen LogP contribution is -2.15. The van der Waals surface area contributed by atoms with E-state index in [1.165, 1.54) is 18.2 Å². The van der Waals surface area contributed by atoms with E-state index in [1.54, 1.807) is 25.1 Å². The molecular weight excluding hydrogens is 331 g/mol. The number of nitrogens with two attached hydrogens (primary N) is 1. The fourth-order valence-corrected chi connectivity index (χ4v) is 3.58. The highest BCUT2D eigenvalue weighted by molar-refractivity contribution is 7.92. The van der Waals surface area contributed by atoms with Crippen LogP contribution in [0, 0.1) is 6.92 Å². The van der Waals surface area contributed by atoms with E-state index in [0.29, 0.717) is 16.3 Å². The van der Waals surface area contributed by atoms with E-state index in [1.807, 2.05) is 0 Å². The van der Waals surface area contributed by atoms with E-state index < -0.39 is 10.0 Å². The van der Waals surface area contributed by atoms with Gasteiger partial charge < -0.3 is 5.73 Å². The molecule has 2 aromatic rings. The summed E-state index contributed by atoms with van der Waals surface area (Å²) in [7, 11) is -3.71. The number of rotatable bonds is 4. The van der Waals surface area contributed by atoms with Crippen molar-refractivity contribution in [2.45, 2.75) is 18.4 Å². The Kier molecular flexibility index (Phi) is 4.78. The summed E-state index contributed by atoms with van der Waals surface area (Å²) in [6.45, 7) is 2.01. The summed E-state index contributed by atoms with van der Waals surface area (Å²) >= 11 is 11.7. The Hall–Kier alpha value is -1.27. The Morgan fingerprint density at radius 1 is 1.14 bits per heavy atom. The molecule has 0 fully saturated rings. The van der Waals surface area contributed by atoms with Crippen LogP contribution < -0.4 is 10.5 Å². The first-order valence-corrected chi connectivity index (χ1v) is 8.35. The number of anilines is 1. The van der Waals surface area contributed by atoms with Gasteiger partial charge in [0.2, 0.25) is 0 Å². The molecular formula is C14H14Cl2N2O2S. The average Bonchev–Trinajstić information content (AvgIpc) is 2.42. The lowest BCUT2D eigenvalue weighted by atomic mass is 10.1. The summed E-state index contributed by atoms with van der Waals surface area (Å²) in [5.74, 6) is 0. The zero-order valence-corrected chi connectivity index (χ0v) is 13.6. The van der Waals surface area contributed by atoms with Crippen LogP contribution >= 0.6 is 23.2 Å². The second-order valence-corrected chi connectivity index (χ2v) is 6.94. The van der Waals surface area contributed by atoms with Gasteiger partial charge in [-0.2, -0.15) is 0 Å². The normalized spacial score (nSPS) is 11.4. The second-order valence-electron chi connectivity index (χ2n) is 4.48. The highest BCUT2D eigenvalue weighted by Crippen LogP contribution is 2.27. The Labute approximate surface area is 133 Å². The molecule has 7 heteroatoms. The number of benzene rings is 2. The third kappa shape index (κ3) is 3.49. The maximum Gasteiger partial charge on any atom is 0.262 e. The van der Waals surface area contributed by atoms with E-state index in [-0.39, 0.29) is 16.5 Å². The monoisotopic (exact) mass is 344 g/mol. The summed E-state index contributed by atoms with van der Waals surface area (Å²) in [5, 5.41) is 0.644. The van der Waals surface area contributed by atoms with Crippen molar-refractivity contribution in [1.82, 2.24) is 0 Å². The molecule has 0 saturated heterocycles. The van der Waals surface area contributed by atoms with Crippen LogP contribution in [-0.4, -0.2) is 8.42 Å². The van der Waals surface area contributed by atoms with Crippen LogP contribution in [0.3, 0.4) is 0 Å². The molecule has 21 heavy (non-hydrogen) atoms. The van der Waals surface area contributed by atoms with E-state index in [9.17, 15) is 8.42 Å². The molecule has 0 unspecified atom stereocenters. The number of hydrogen-bond donors (Lipinski definition) is 2. The minimum Gasteiger partial charge on any atom is -0.326 e. The first-order valence-electron chi connectivity index (χ1n) is 6.11. The lowest BCUT2D eigenvalue weighted by molar-refractivity contribution is 0.600. The fourth-order valence-electron chi connectivity index (χ4n) is 1.94. The van der Waals surface area contributed by atoms with Gasteiger partial charge in [0, 0.05) is 6.54 Å². The first kappa shape index (κ1) is 16.1. The molecule has 0 aliphatic rings. The Morgan fingerprint density at radius 3 is 2.48 bits per heavy atom. The van der Waals surface area contributed by atoms with Gasteiger partial charge in [-0.25, -0.2) is 8.42 Å². The van der Waals surface area contributed by atoms with Crippen LogP contribution in [-0.2, 0) is 16.6 Å². The summed E-state index contributed by atoms with van der Waals surface area (Å²) in [5.41, 5.74) is 7.37. The van der Waals surface area contributed by atoms with Crippen molar-refractivity contribution in [3.63, 3.8) is 0 Å². The van der Waals surface area contributed by atoms with Crippen molar-refractivity contribution in [2.24, 2.45) is 5.73 Å². The summed E-state index contributed by atoms with van der Waals surface area (Å²) in [4.78, 5) is 0.191. The van der Waals surface area contributed by atoms with Crippen molar-refractivity contribution in [1.29, 1.82) is 0 Å². The maximum absolute atomic E-state index is 12.5. The van der Waals surface area contributed by atoms with Gasteiger partial charge >= 0.3 is 0 Å². The predicted octanol–water partition coefficient (Wildman–Crippen LogP) is 3.56. The molecule has 0 spiro atoms. The number of halogens is 2. The first-order chi connectivity index (χ1) is 9.85. The third-order valence-electron chi connectivity index (χ3n) is 3.08. The minimum atomic E-state index is -3.71. The molecule has 112 valence electrons. The predicted molar refractivity (Wildman–Crippen MR) is 86.3 cm³/mol. The Morgan fingerprint density at radius 2 is 1.86 bits per heavy atom. The molecule has 4 nitrogen and oxygen atoms in total. The van der Waals surface area contributed by atoms with Gasteiger partial charge in [0.1, 0.15) is 0 Å². The Balaban J connectivity index is 2.41. The highest BCUT2D eigenvalue weighted by Gasteiger charge is 2.18. The van der Waals surface area contributed by atoms with E-state index in [2.05, 4.69) is 4.72 Å². The van der Waals surface area contributed by atoms with Crippen LogP contribution in [0.5, 0.6) is 0 Å². The van der Waals surface area contributed by atoms with Gasteiger partial charge in [-0.15, -0.1) is 0 Å². The minimum absolute atomic E-state index is 0.191. The third-order valence-corrected chi connectivity index (χ3v) is 5.34. The fraction of sp³-hybridized carbons (Fsp3) is 0.143. The Bertz CT molecular complexity index is 777. The summed E-state index contributed by atoms with van der Waals surface area (Å²) < 4.78 is 27.4. The molecule has 3 N–H and O–H groups in total. The highest BCUT2D eigenvalue weighted by atomic mass is 35.5. The van der Waals surface area contributed by atoms with Gasteiger partial charge in [-0.05, 0) is 42.3 Å². The SMILES string of the molecule is Cc1c(CN)cccc1S(=O)(=O)Nc1ccc(Cl)c(Cl)c1. The molecule has 2 rings (SSSR count). The topological polar surface area (TPSA) is 72.2 Å². The number of hydrogen-bond acceptors (Lipinski definition) is 3. The molecule has 2 aromatic carbocycles. The number of nitrogens with one attached hydrogen (secondary N) is 1. The van der Waals surface area contributed by atoms with Gasteiger partial charge in [-0.3, -0.25) is 4.72 Å². The van der Waals surface area contributed by atoms with Crippen molar-refractivity contribution < 1.29 is 8.42 Å². The molecule has 0 atom stereocenters. The van der Waals surface area contributed by atoms with Crippen LogP contribution in [0.1, 0.15) is 11.1 Å². The van der Waals surface area contributed by atoms with Gasteiger partial charge in [0.15, 0.2) is 0 Å². The van der Waals surface area contributed by atoms with Crippen LogP contribution in [0.15, 0.2) is 41.3 Å². The van der Waals surface area contributed by atoms with Gasteiger partial charge in [0.05, 0.1) is 20.6 Å². The van der Waals surface area contributed by atoms with Gasteiger partial charge in [0.25, 0.3) is 10.0 Å². The molecule has 0 saturated carbocycles. The zero-order chi connectivity index (χ0) is 15.6.